The van der Waals surface area contributed by atoms with Gasteiger partial charge in [-0.2, -0.15) is 0 Å². The molecular weight excluding hydrogens is 268 g/mol. The molecule has 22 heavy (non-hydrogen) atoms. The predicted octanol–water partition coefficient (Wildman–Crippen LogP) is 3.79. The lowest BCUT2D eigenvalue weighted by atomic mass is 10.0. The van der Waals surface area contributed by atoms with Crippen LogP contribution in [0.25, 0.3) is 0 Å². The van der Waals surface area contributed by atoms with E-state index in [0.717, 1.165) is 25.3 Å². The molecule has 1 unspecified atom stereocenters. The molecule has 0 radical (unpaired) electrons. The van der Waals surface area contributed by atoms with E-state index < -0.39 is 0 Å². The summed E-state index contributed by atoms with van der Waals surface area (Å²) in [5, 5.41) is 3.54. The van der Waals surface area contributed by atoms with Crippen LogP contribution < -0.4 is 5.32 Å². The van der Waals surface area contributed by atoms with Gasteiger partial charge in [-0.1, -0.05) is 55.1 Å². The molecule has 0 bridgehead atoms. The largest absolute Gasteiger partial charge is 0.367 e. The summed E-state index contributed by atoms with van der Waals surface area (Å²) in [7, 11) is 0. The molecule has 2 aromatic rings. The standard InChI is InChI=1S/C20H24N2/c1-15-9-10-19(11-16(15)2)12-20-14-22(17(3)21-20)13-18-7-5-4-6-8-18/h4-11,20-21H,3,12-14H2,1-2H3. The Morgan fingerprint density at radius 1 is 1.05 bits per heavy atom. The summed E-state index contributed by atoms with van der Waals surface area (Å²) in [4.78, 5) is 2.33. The van der Waals surface area contributed by atoms with Crippen LogP contribution in [-0.2, 0) is 13.0 Å². The van der Waals surface area contributed by atoms with Crippen LogP contribution in [0.3, 0.4) is 0 Å². The van der Waals surface area contributed by atoms with Gasteiger partial charge < -0.3 is 10.2 Å². The fraction of sp³-hybridized carbons (Fsp3) is 0.300. The van der Waals surface area contributed by atoms with Crippen molar-refractivity contribution in [3.63, 3.8) is 0 Å². The summed E-state index contributed by atoms with van der Waals surface area (Å²) < 4.78 is 0. The second kappa shape index (κ2) is 6.27. The van der Waals surface area contributed by atoms with Crippen molar-refractivity contribution < 1.29 is 0 Å². The Morgan fingerprint density at radius 2 is 1.82 bits per heavy atom. The second-order valence-corrected chi connectivity index (χ2v) is 6.28. The third kappa shape index (κ3) is 3.33. The molecule has 0 aromatic heterocycles. The van der Waals surface area contributed by atoms with Crippen molar-refractivity contribution in [1.82, 2.24) is 10.2 Å². The number of hydrogen-bond donors (Lipinski definition) is 1. The van der Waals surface area contributed by atoms with Crippen LogP contribution in [0.5, 0.6) is 0 Å². The van der Waals surface area contributed by atoms with E-state index in [1.54, 1.807) is 0 Å². The molecule has 2 nitrogen and oxygen atoms in total. The van der Waals surface area contributed by atoms with Gasteiger partial charge in [0.1, 0.15) is 0 Å². The number of nitrogens with zero attached hydrogens (tertiary/aromatic N) is 1. The van der Waals surface area contributed by atoms with Crippen LogP contribution in [0.1, 0.15) is 22.3 Å². The molecular formula is C20H24N2. The lowest BCUT2D eigenvalue weighted by molar-refractivity contribution is 0.376. The summed E-state index contributed by atoms with van der Waals surface area (Å²) in [6.45, 7) is 10.5. The Balaban J connectivity index is 1.63. The molecule has 0 amide bonds. The Morgan fingerprint density at radius 3 is 2.55 bits per heavy atom. The van der Waals surface area contributed by atoms with Crippen LogP contribution in [0, 0.1) is 13.8 Å². The maximum Gasteiger partial charge on any atom is 0.0945 e. The van der Waals surface area contributed by atoms with E-state index in [1.807, 2.05) is 0 Å². The van der Waals surface area contributed by atoms with Gasteiger partial charge in [0.2, 0.25) is 0 Å². The van der Waals surface area contributed by atoms with Crippen molar-refractivity contribution >= 4 is 0 Å². The minimum Gasteiger partial charge on any atom is -0.367 e. The normalized spacial score (nSPS) is 17.6. The molecule has 2 aromatic carbocycles. The van der Waals surface area contributed by atoms with Gasteiger partial charge in [0.15, 0.2) is 0 Å². The molecule has 1 fully saturated rings. The molecule has 1 saturated heterocycles. The lowest BCUT2D eigenvalue weighted by Crippen LogP contribution is -2.25. The van der Waals surface area contributed by atoms with E-state index in [1.165, 1.54) is 22.3 Å². The molecule has 3 rings (SSSR count). The summed E-state index contributed by atoms with van der Waals surface area (Å²) >= 11 is 0. The highest BCUT2D eigenvalue weighted by Gasteiger charge is 2.24. The van der Waals surface area contributed by atoms with Gasteiger partial charge in [-0.15, -0.1) is 0 Å². The molecule has 0 aliphatic carbocycles. The van der Waals surface area contributed by atoms with Crippen LogP contribution in [-0.4, -0.2) is 17.5 Å². The monoisotopic (exact) mass is 292 g/mol. The first-order valence-electron chi connectivity index (χ1n) is 7.92. The summed E-state index contributed by atoms with van der Waals surface area (Å²) in [5.41, 5.74) is 5.46. The first-order chi connectivity index (χ1) is 10.6. The molecule has 114 valence electrons. The van der Waals surface area contributed by atoms with E-state index in [9.17, 15) is 0 Å². The zero-order valence-corrected chi connectivity index (χ0v) is 13.5. The van der Waals surface area contributed by atoms with Crippen molar-refractivity contribution in [2.75, 3.05) is 6.54 Å². The maximum atomic E-state index is 4.17. The van der Waals surface area contributed by atoms with Gasteiger partial charge in [0.25, 0.3) is 0 Å². The highest BCUT2D eigenvalue weighted by molar-refractivity contribution is 5.31. The van der Waals surface area contributed by atoms with Crippen molar-refractivity contribution in [2.24, 2.45) is 0 Å². The number of benzene rings is 2. The fourth-order valence-electron chi connectivity index (χ4n) is 3.04. The Hall–Kier alpha value is -2.22. The summed E-state index contributed by atoms with van der Waals surface area (Å²) in [5.74, 6) is 1.04. The molecule has 2 heteroatoms. The molecule has 1 N–H and O–H groups in total. The van der Waals surface area contributed by atoms with Gasteiger partial charge in [-0.3, -0.25) is 0 Å². The zero-order valence-electron chi connectivity index (χ0n) is 13.5. The van der Waals surface area contributed by atoms with E-state index in [0.29, 0.717) is 6.04 Å². The average Bonchev–Trinajstić information content (AvgIpc) is 2.84. The molecule has 1 atom stereocenters. The molecule has 0 spiro atoms. The third-order valence-corrected chi connectivity index (χ3v) is 4.46. The first-order valence-corrected chi connectivity index (χ1v) is 7.92. The maximum absolute atomic E-state index is 4.17. The van der Waals surface area contributed by atoms with Gasteiger partial charge in [-0.25, -0.2) is 0 Å². The molecule has 1 aliphatic rings. The van der Waals surface area contributed by atoms with E-state index in [-0.39, 0.29) is 0 Å². The van der Waals surface area contributed by atoms with E-state index in [2.05, 4.69) is 79.2 Å². The van der Waals surface area contributed by atoms with Crippen molar-refractivity contribution in [2.45, 2.75) is 32.9 Å². The SMILES string of the molecule is C=C1NC(Cc2ccc(C)c(C)c2)CN1Cc1ccccc1. The number of rotatable bonds is 4. The Kier molecular flexibility index (Phi) is 4.19. The van der Waals surface area contributed by atoms with Gasteiger partial charge in [-0.05, 0) is 42.5 Å². The third-order valence-electron chi connectivity index (χ3n) is 4.46. The van der Waals surface area contributed by atoms with Crippen molar-refractivity contribution in [1.29, 1.82) is 0 Å². The quantitative estimate of drug-likeness (QED) is 0.922. The van der Waals surface area contributed by atoms with Crippen LogP contribution in [0.4, 0.5) is 0 Å². The zero-order chi connectivity index (χ0) is 15.5. The molecule has 0 saturated carbocycles. The highest BCUT2D eigenvalue weighted by Crippen LogP contribution is 2.19. The number of nitrogens with one attached hydrogen (secondary N) is 1. The molecule has 1 aliphatic heterocycles. The van der Waals surface area contributed by atoms with Crippen molar-refractivity contribution in [3.8, 4) is 0 Å². The fourth-order valence-corrected chi connectivity index (χ4v) is 3.04. The van der Waals surface area contributed by atoms with Gasteiger partial charge >= 0.3 is 0 Å². The van der Waals surface area contributed by atoms with Crippen LogP contribution in [0.15, 0.2) is 60.9 Å². The Labute approximate surface area is 133 Å². The second-order valence-electron chi connectivity index (χ2n) is 6.28. The van der Waals surface area contributed by atoms with Gasteiger partial charge in [0, 0.05) is 19.1 Å². The summed E-state index contributed by atoms with van der Waals surface area (Å²) in [6, 6.07) is 17.8. The van der Waals surface area contributed by atoms with Crippen LogP contribution in [0.2, 0.25) is 0 Å². The Bertz CT molecular complexity index is 661. The smallest absolute Gasteiger partial charge is 0.0945 e. The minimum atomic E-state index is 0.443. The highest BCUT2D eigenvalue weighted by atomic mass is 15.3. The summed E-state index contributed by atoms with van der Waals surface area (Å²) in [6.07, 6.45) is 1.05. The first kappa shape index (κ1) is 14.7. The number of aryl methyl sites for hydroxylation is 2. The van der Waals surface area contributed by atoms with E-state index in [4.69, 9.17) is 0 Å². The van der Waals surface area contributed by atoms with Crippen molar-refractivity contribution in [3.05, 3.63) is 83.2 Å². The molecule has 1 heterocycles. The lowest BCUT2D eigenvalue weighted by Gasteiger charge is -2.18. The topological polar surface area (TPSA) is 15.3 Å². The van der Waals surface area contributed by atoms with Crippen LogP contribution >= 0.6 is 0 Å². The predicted molar refractivity (Wildman–Crippen MR) is 92.5 cm³/mol. The van der Waals surface area contributed by atoms with E-state index >= 15 is 0 Å². The average molecular weight is 292 g/mol. The minimum absolute atomic E-state index is 0.443. The van der Waals surface area contributed by atoms with Gasteiger partial charge in [0.05, 0.1) is 5.82 Å². The number of hydrogen-bond acceptors (Lipinski definition) is 2.